The second-order valence-electron chi connectivity index (χ2n) is 5.47. The summed E-state index contributed by atoms with van der Waals surface area (Å²) in [5.74, 6) is -0.194. The van der Waals surface area contributed by atoms with E-state index in [-0.39, 0.29) is 25.4 Å². The number of amides is 1. The number of sulfonamides is 1. The Morgan fingerprint density at radius 1 is 1.12 bits per heavy atom. The van der Waals surface area contributed by atoms with Crippen molar-refractivity contribution in [1.82, 2.24) is 14.6 Å². The van der Waals surface area contributed by atoms with Gasteiger partial charge in [-0.15, -0.1) is 0 Å². The van der Waals surface area contributed by atoms with E-state index in [0.29, 0.717) is 6.54 Å². The normalized spacial score (nSPS) is 11.4. The first-order chi connectivity index (χ1) is 11.4. The maximum Gasteiger partial charge on any atom is 0.221 e. The molecule has 0 aliphatic rings. The largest absolute Gasteiger partial charge is 0.352 e. The highest BCUT2D eigenvalue weighted by Crippen LogP contribution is 2.09. The van der Waals surface area contributed by atoms with E-state index in [4.69, 9.17) is 0 Å². The molecule has 0 unspecified atom stereocenters. The van der Waals surface area contributed by atoms with Crippen molar-refractivity contribution in [3.63, 3.8) is 0 Å². The minimum absolute atomic E-state index is 0.111. The lowest BCUT2D eigenvalue weighted by Gasteiger charge is -2.19. The van der Waals surface area contributed by atoms with Crippen LogP contribution in [0.25, 0.3) is 0 Å². The first-order valence-corrected chi connectivity index (χ1v) is 9.44. The number of hydrogen-bond donors (Lipinski definition) is 1. The van der Waals surface area contributed by atoms with Crippen molar-refractivity contribution in [2.24, 2.45) is 0 Å². The first-order valence-electron chi connectivity index (χ1n) is 7.60. The van der Waals surface area contributed by atoms with Crippen molar-refractivity contribution in [3.05, 3.63) is 66.0 Å². The molecule has 0 aliphatic carbocycles. The topological polar surface area (TPSA) is 79.4 Å². The fourth-order valence-corrected chi connectivity index (χ4v) is 2.97. The fraction of sp³-hybridized carbons (Fsp3) is 0.294. The quantitative estimate of drug-likeness (QED) is 0.786. The van der Waals surface area contributed by atoms with Crippen LogP contribution in [0.3, 0.4) is 0 Å². The molecule has 0 bridgehead atoms. The van der Waals surface area contributed by atoms with E-state index in [2.05, 4.69) is 10.3 Å². The molecule has 24 heavy (non-hydrogen) atoms. The van der Waals surface area contributed by atoms with Crippen molar-refractivity contribution < 1.29 is 13.2 Å². The van der Waals surface area contributed by atoms with Crippen LogP contribution in [0.5, 0.6) is 0 Å². The molecule has 2 rings (SSSR count). The fourth-order valence-electron chi connectivity index (χ4n) is 2.17. The van der Waals surface area contributed by atoms with Gasteiger partial charge in [-0.3, -0.25) is 9.78 Å². The third-order valence-corrected chi connectivity index (χ3v) is 4.72. The molecule has 0 aliphatic heterocycles. The van der Waals surface area contributed by atoms with Crippen LogP contribution in [-0.4, -0.2) is 36.4 Å². The summed E-state index contributed by atoms with van der Waals surface area (Å²) < 4.78 is 25.1. The maximum atomic E-state index is 11.9. The summed E-state index contributed by atoms with van der Waals surface area (Å²) >= 11 is 0. The van der Waals surface area contributed by atoms with Gasteiger partial charge in [0.15, 0.2) is 0 Å². The summed E-state index contributed by atoms with van der Waals surface area (Å²) in [6.07, 6.45) is 4.61. The van der Waals surface area contributed by atoms with Crippen molar-refractivity contribution in [2.75, 3.05) is 12.8 Å². The highest BCUT2D eigenvalue weighted by molar-refractivity contribution is 7.88. The van der Waals surface area contributed by atoms with Gasteiger partial charge in [0.25, 0.3) is 0 Å². The Labute approximate surface area is 142 Å². The molecule has 1 amide bonds. The molecule has 7 heteroatoms. The number of pyridine rings is 1. The van der Waals surface area contributed by atoms with Crippen LogP contribution in [-0.2, 0) is 27.9 Å². The monoisotopic (exact) mass is 347 g/mol. The van der Waals surface area contributed by atoms with E-state index in [9.17, 15) is 13.2 Å². The van der Waals surface area contributed by atoms with Crippen LogP contribution in [0, 0.1) is 0 Å². The predicted molar refractivity (Wildman–Crippen MR) is 92.4 cm³/mol. The van der Waals surface area contributed by atoms with Crippen molar-refractivity contribution in [1.29, 1.82) is 0 Å². The Bertz CT molecular complexity index is 749. The average molecular weight is 347 g/mol. The maximum absolute atomic E-state index is 11.9. The van der Waals surface area contributed by atoms with Crippen LogP contribution in [0.15, 0.2) is 54.9 Å². The summed E-state index contributed by atoms with van der Waals surface area (Å²) in [5, 5.41) is 2.77. The van der Waals surface area contributed by atoms with Crippen LogP contribution >= 0.6 is 0 Å². The zero-order valence-electron chi connectivity index (χ0n) is 13.6. The van der Waals surface area contributed by atoms with Gasteiger partial charge in [-0.05, 0) is 17.2 Å². The van der Waals surface area contributed by atoms with Crippen LogP contribution in [0.2, 0.25) is 0 Å². The Morgan fingerprint density at radius 2 is 1.83 bits per heavy atom. The molecule has 0 atom stereocenters. The summed E-state index contributed by atoms with van der Waals surface area (Å²) in [6.45, 7) is 0.784. The lowest BCUT2D eigenvalue weighted by atomic mass is 10.2. The number of hydrogen-bond acceptors (Lipinski definition) is 4. The van der Waals surface area contributed by atoms with Gasteiger partial charge in [-0.25, -0.2) is 8.42 Å². The van der Waals surface area contributed by atoms with E-state index >= 15 is 0 Å². The Hall–Kier alpha value is -2.25. The van der Waals surface area contributed by atoms with E-state index in [0.717, 1.165) is 17.4 Å². The van der Waals surface area contributed by atoms with Gasteiger partial charge in [-0.2, -0.15) is 4.31 Å². The van der Waals surface area contributed by atoms with Crippen LogP contribution in [0.1, 0.15) is 17.5 Å². The highest BCUT2D eigenvalue weighted by Gasteiger charge is 2.18. The molecular weight excluding hydrogens is 326 g/mol. The molecule has 1 aromatic carbocycles. The SMILES string of the molecule is CS(=O)(=O)N(CCC(=O)NCc1cccnc1)Cc1ccccc1. The van der Waals surface area contributed by atoms with Crippen molar-refractivity contribution in [2.45, 2.75) is 19.5 Å². The van der Waals surface area contributed by atoms with Gasteiger partial charge >= 0.3 is 0 Å². The zero-order valence-corrected chi connectivity index (χ0v) is 14.4. The molecule has 6 nitrogen and oxygen atoms in total. The molecule has 1 N–H and O–H groups in total. The predicted octanol–water partition coefficient (Wildman–Crippen LogP) is 1.55. The average Bonchev–Trinajstić information content (AvgIpc) is 2.57. The molecule has 0 spiro atoms. The Morgan fingerprint density at radius 3 is 2.46 bits per heavy atom. The van der Waals surface area contributed by atoms with Crippen molar-refractivity contribution >= 4 is 15.9 Å². The molecule has 0 saturated heterocycles. The number of nitrogens with one attached hydrogen (secondary N) is 1. The van der Waals surface area contributed by atoms with Gasteiger partial charge in [0.2, 0.25) is 15.9 Å². The highest BCUT2D eigenvalue weighted by atomic mass is 32.2. The van der Waals surface area contributed by atoms with Crippen LogP contribution in [0.4, 0.5) is 0 Å². The lowest BCUT2D eigenvalue weighted by Crippen LogP contribution is -2.34. The summed E-state index contributed by atoms with van der Waals surface area (Å²) in [6, 6.07) is 13.0. The molecule has 128 valence electrons. The Kier molecular flexibility index (Phi) is 6.45. The second kappa shape index (κ2) is 8.56. The summed E-state index contributed by atoms with van der Waals surface area (Å²) in [4.78, 5) is 15.9. The van der Waals surface area contributed by atoms with Gasteiger partial charge in [0, 0.05) is 38.4 Å². The van der Waals surface area contributed by atoms with Crippen LogP contribution < -0.4 is 5.32 Å². The van der Waals surface area contributed by atoms with E-state index < -0.39 is 10.0 Å². The number of carbonyl (C=O) groups excluding carboxylic acids is 1. The Balaban J connectivity index is 1.87. The smallest absolute Gasteiger partial charge is 0.221 e. The summed E-state index contributed by atoms with van der Waals surface area (Å²) in [5.41, 5.74) is 1.79. The number of carbonyl (C=O) groups is 1. The minimum Gasteiger partial charge on any atom is -0.352 e. The molecule has 2 aromatic rings. The molecule has 0 saturated carbocycles. The van der Waals surface area contributed by atoms with Gasteiger partial charge < -0.3 is 5.32 Å². The van der Waals surface area contributed by atoms with E-state index in [1.807, 2.05) is 36.4 Å². The number of benzene rings is 1. The molecule has 1 heterocycles. The third-order valence-electron chi connectivity index (χ3n) is 3.47. The third kappa shape index (κ3) is 6.10. The van der Waals surface area contributed by atoms with Gasteiger partial charge in [0.05, 0.1) is 6.26 Å². The molecule has 0 radical (unpaired) electrons. The second-order valence-corrected chi connectivity index (χ2v) is 7.45. The lowest BCUT2D eigenvalue weighted by molar-refractivity contribution is -0.121. The van der Waals surface area contributed by atoms with Crippen molar-refractivity contribution in [3.8, 4) is 0 Å². The molecule has 1 aromatic heterocycles. The standard InChI is InChI=1S/C17H21N3O3S/c1-24(22,23)20(14-15-6-3-2-4-7-15)11-9-17(21)19-13-16-8-5-10-18-12-16/h2-8,10,12H,9,11,13-14H2,1H3,(H,19,21). The first kappa shape index (κ1) is 18.1. The number of nitrogens with zero attached hydrogens (tertiary/aromatic N) is 2. The number of rotatable bonds is 8. The summed E-state index contributed by atoms with van der Waals surface area (Å²) in [7, 11) is -3.38. The van der Waals surface area contributed by atoms with Gasteiger partial charge in [-0.1, -0.05) is 36.4 Å². The molecule has 0 fully saturated rings. The minimum atomic E-state index is -3.38. The van der Waals surface area contributed by atoms with Gasteiger partial charge in [0.1, 0.15) is 0 Å². The number of aromatic nitrogens is 1. The molecular formula is C17H21N3O3S. The van der Waals surface area contributed by atoms with E-state index in [1.54, 1.807) is 18.5 Å². The zero-order chi connectivity index (χ0) is 17.4. The van der Waals surface area contributed by atoms with E-state index in [1.165, 1.54) is 4.31 Å².